The quantitative estimate of drug-likeness (QED) is 0.723. The molecule has 0 saturated heterocycles. The van der Waals surface area contributed by atoms with E-state index in [4.69, 9.17) is 5.73 Å². The molecule has 2 nitrogen and oxygen atoms in total. The molecular formula is C10H16N2. The molecule has 0 saturated carbocycles. The fourth-order valence-electron chi connectivity index (χ4n) is 1.21. The molecule has 2 N–H and O–H groups in total. The highest BCUT2D eigenvalue weighted by Crippen LogP contribution is 2.05. The monoisotopic (exact) mass is 164 g/mol. The van der Waals surface area contributed by atoms with Gasteiger partial charge in [0.1, 0.15) is 0 Å². The fourth-order valence-corrected chi connectivity index (χ4v) is 1.21. The second kappa shape index (κ2) is 4.78. The Hall–Kier alpha value is -1.02. The first-order valence-electron chi connectivity index (χ1n) is 4.40. The van der Waals surface area contributed by atoms with Crippen LogP contribution in [-0.2, 0) is 6.54 Å². The van der Waals surface area contributed by atoms with E-state index >= 15 is 0 Å². The van der Waals surface area contributed by atoms with Crippen LogP contribution in [0.4, 0.5) is 0 Å². The summed E-state index contributed by atoms with van der Waals surface area (Å²) in [7, 11) is 0. The summed E-state index contributed by atoms with van der Waals surface area (Å²) >= 11 is 0. The molecule has 0 atom stereocenters. The lowest BCUT2D eigenvalue weighted by atomic mass is 10.3. The summed E-state index contributed by atoms with van der Waals surface area (Å²) in [4.78, 5) is 0. The van der Waals surface area contributed by atoms with Gasteiger partial charge in [0, 0.05) is 25.0 Å². The van der Waals surface area contributed by atoms with Gasteiger partial charge in [-0.2, -0.15) is 0 Å². The zero-order chi connectivity index (χ0) is 8.81. The minimum atomic E-state index is 0.608. The highest BCUT2D eigenvalue weighted by molar-refractivity contribution is 5.45. The highest BCUT2D eigenvalue weighted by Gasteiger charge is 1.93. The van der Waals surface area contributed by atoms with Crippen LogP contribution in [0.25, 0.3) is 6.08 Å². The van der Waals surface area contributed by atoms with Crippen LogP contribution >= 0.6 is 0 Å². The summed E-state index contributed by atoms with van der Waals surface area (Å²) < 4.78 is 2.23. The van der Waals surface area contributed by atoms with Crippen LogP contribution in [0.2, 0.25) is 0 Å². The van der Waals surface area contributed by atoms with E-state index in [0.717, 1.165) is 13.0 Å². The van der Waals surface area contributed by atoms with Crippen molar-refractivity contribution in [3.8, 4) is 0 Å². The molecule has 1 rings (SSSR count). The zero-order valence-electron chi connectivity index (χ0n) is 7.53. The molecule has 0 bridgehead atoms. The van der Waals surface area contributed by atoms with Crippen LogP contribution in [0.5, 0.6) is 0 Å². The van der Waals surface area contributed by atoms with Gasteiger partial charge in [-0.25, -0.2) is 0 Å². The van der Waals surface area contributed by atoms with Crippen molar-refractivity contribution >= 4 is 6.08 Å². The molecule has 12 heavy (non-hydrogen) atoms. The smallest absolute Gasteiger partial charge is 0.0403 e. The average molecular weight is 164 g/mol. The Kier molecular flexibility index (Phi) is 3.61. The fraction of sp³-hybridized carbons (Fsp3) is 0.400. The Labute approximate surface area is 73.7 Å². The first-order chi connectivity index (χ1) is 5.88. The molecule has 0 aromatic carbocycles. The van der Waals surface area contributed by atoms with Crippen molar-refractivity contribution in [3.05, 3.63) is 30.1 Å². The maximum absolute atomic E-state index is 5.37. The van der Waals surface area contributed by atoms with E-state index in [0.29, 0.717) is 6.54 Å². The van der Waals surface area contributed by atoms with E-state index in [1.165, 1.54) is 5.69 Å². The Bertz CT molecular complexity index is 248. The van der Waals surface area contributed by atoms with E-state index in [9.17, 15) is 0 Å². The molecule has 66 valence electrons. The second-order valence-corrected chi connectivity index (χ2v) is 2.76. The lowest BCUT2D eigenvalue weighted by molar-refractivity contribution is 0.678. The Morgan fingerprint density at radius 1 is 1.58 bits per heavy atom. The third-order valence-corrected chi connectivity index (χ3v) is 1.75. The molecule has 0 unspecified atom stereocenters. The first kappa shape index (κ1) is 9.07. The standard InChI is InChI=1S/C10H16N2/c1-2-8-12-9-4-6-10(12)5-3-7-11/h3-6,9H,2,7-8,11H2,1H3. The molecule has 0 aliphatic heterocycles. The first-order valence-corrected chi connectivity index (χ1v) is 4.40. The summed E-state index contributed by atoms with van der Waals surface area (Å²) in [6.45, 7) is 3.87. The van der Waals surface area contributed by atoms with Gasteiger partial charge < -0.3 is 10.3 Å². The van der Waals surface area contributed by atoms with Crippen molar-refractivity contribution < 1.29 is 0 Å². The van der Waals surface area contributed by atoms with Gasteiger partial charge >= 0.3 is 0 Å². The third kappa shape index (κ3) is 2.24. The number of hydrogen-bond acceptors (Lipinski definition) is 1. The molecule has 1 heterocycles. The third-order valence-electron chi connectivity index (χ3n) is 1.75. The summed E-state index contributed by atoms with van der Waals surface area (Å²) in [5, 5.41) is 0. The Balaban J connectivity index is 2.69. The van der Waals surface area contributed by atoms with Gasteiger partial charge in [0.25, 0.3) is 0 Å². The number of hydrogen-bond donors (Lipinski definition) is 1. The van der Waals surface area contributed by atoms with Gasteiger partial charge in [0.2, 0.25) is 0 Å². The van der Waals surface area contributed by atoms with Crippen LogP contribution in [0.15, 0.2) is 24.4 Å². The second-order valence-electron chi connectivity index (χ2n) is 2.76. The molecule has 1 aromatic rings. The Morgan fingerprint density at radius 3 is 3.08 bits per heavy atom. The van der Waals surface area contributed by atoms with Crippen LogP contribution < -0.4 is 5.73 Å². The highest BCUT2D eigenvalue weighted by atomic mass is 15.0. The average Bonchev–Trinajstić information content (AvgIpc) is 2.50. The lowest BCUT2D eigenvalue weighted by Gasteiger charge is -2.02. The van der Waals surface area contributed by atoms with Crippen LogP contribution in [0, 0.1) is 0 Å². The summed E-state index contributed by atoms with van der Waals surface area (Å²) in [5.41, 5.74) is 6.61. The van der Waals surface area contributed by atoms with E-state index in [2.05, 4.69) is 35.9 Å². The minimum absolute atomic E-state index is 0.608. The van der Waals surface area contributed by atoms with Crippen molar-refractivity contribution in [2.45, 2.75) is 19.9 Å². The number of nitrogens with zero attached hydrogens (tertiary/aromatic N) is 1. The molecule has 0 fully saturated rings. The molecule has 0 spiro atoms. The number of aryl methyl sites for hydroxylation is 1. The normalized spacial score (nSPS) is 11.2. The van der Waals surface area contributed by atoms with E-state index in [1.807, 2.05) is 6.08 Å². The van der Waals surface area contributed by atoms with E-state index < -0.39 is 0 Å². The van der Waals surface area contributed by atoms with Gasteiger partial charge in [0.05, 0.1) is 0 Å². The maximum atomic E-state index is 5.37. The molecule has 1 aromatic heterocycles. The number of rotatable bonds is 4. The largest absolute Gasteiger partial charge is 0.348 e. The molecule has 0 amide bonds. The molecule has 0 aliphatic carbocycles. The van der Waals surface area contributed by atoms with Gasteiger partial charge in [-0.1, -0.05) is 13.0 Å². The summed E-state index contributed by atoms with van der Waals surface area (Å²) in [5.74, 6) is 0. The number of aromatic nitrogens is 1. The molecular weight excluding hydrogens is 148 g/mol. The van der Waals surface area contributed by atoms with Crippen molar-refractivity contribution in [1.82, 2.24) is 4.57 Å². The van der Waals surface area contributed by atoms with E-state index in [-0.39, 0.29) is 0 Å². The maximum Gasteiger partial charge on any atom is 0.0403 e. The molecule has 0 radical (unpaired) electrons. The van der Waals surface area contributed by atoms with Gasteiger partial charge in [0.15, 0.2) is 0 Å². The number of nitrogens with two attached hydrogens (primary N) is 1. The van der Waals surface area contributed by atoms with Crippen LogP contribution in [-0.4, -0.2) is 11.1 Å². The van der Waals surface area contributed by atoms with Crippen molar-refractivity contribution in [3.63, 3.8) is 0 Å². The van der Waals surface area contributed by atoms with Crippen molar-refractivity contribution in [1.29, 1.82) is 0 Å². The van der Waals surface area contributed by atoms with Crippen LogP contribution in [0.3, 0.4) is 0 Å². The zero-order valence-corrected chi connectivity index (χ0v) is 7.53. The molecule has 0 aliphatic rings. The lowest BCUT2D eigenvalue weighted by Crippen LogP contribution is -1.97. The topological polar surface area (TPSA) is 30.9 Å². The molecule has 2 heteroatoms. The minimum Gasteiger partial charge on any atom is -0.348 e. The van der Waals surface area contributed by atoms with E-state index in [1.54, 1.807) is 0 Å². The van der Waals surface area contributed by atoms with Crippen molar-refractivity contribution in [2.24, 2.45) is 5.73 Å². The Morgan fingerprint density at radius 2 is 2.42 bits per heavy atom. The predicted octanol–water partition coefficient (Wildman–Crippen LogP) is 1.87. The van der Waals surface area contributed by atoms with Gasteiger partial charge in [-0.15, -0.1) is 0 Å². The SMILES string of the molecule is CCCn1cccc1C=CCN. The van der Waals surface area contributed by atoms with Crippen molar-refractivity contribution in [2.75, 3.05) is 6.54 Å². The summed E-state index contributed by atoms with van der Waals surface area (Å²) in [6.07, 6.45) is 7.30. The van der Waals surface area contributed by atoms with Gasteiger partial charge in [-0.05, 0) is 24.6 Å². The van der Waals surface area contributed by atoms with Crippen LogP contribution in [0.1, 0.15) is 19.0 Å². The summed E-state index contributed by atoms with van der Waals surface area (Å²) in [6, 6.07) is 4.16. The van der Waals surface area contributed by atoms with Gasteiger partial charge in [-0.3, -0.25) is 0 Å². The predicted molar refractivity (Wildman–Crippen MR) is 52.8 cm³/mol.